The Bertz CT molecular complexity index is 506. The number of hydrogen-bond acceptors (Lipinski definition) is 3. The van der Waals surface area contributed by atoms with E-state index in [0.717, 1.165) is 24.9 Å². The Labute approximate surface area is 124 Å². The van der Waals surface area contributed by atoms with Gasteiger partial charge in [0.1, 0.15) is 11.3 Å². The smallest absolute Gasteiger partial charge is 0.324 e. The van der Waals surface area contributed by atoms with E-state index in [4.69, 9.17) is 11.6 Å². The third kappa shape index (κ3) is 2.76. The molecule has 1 heterocycles. The van der Waals surface area contributed by atoms with Crippen molar-refractivity contribution in [3.8, 4) is 5.75 Å². The third-order valence-corrected chi connectivity index (χ3v) is 4.37. The molecule has 2 N–H and O–H groups in total. The zero-order valence-electron chi connectivity index (χ0n) is 11.6. The number of phenols is 1. The molecular formula is C15H20ClNO3. The maximum atomic E-state index is 11.7. The van der Waals surface area contributed by atoms with E-state index in [-0.39, 0.29) is 5.75 Å². The number of benzene rings is 1. The van der Waals surface area contributed by atoms with Gasteiger partial charge in [0.25, 0.3) is 0 Å². The number of halogens is 1. The molecule has 110 valence electrons. The summed E-state index contributed by atoms with van der Waals surface area (Å²) >= 11 is 5.91. The van der Waals surface area contributed by atoms with E-state index >= 15 is 0 Å². The normalized spacial score (nSPS) is 23.1. The largest absolute Gasteiger partial charge is 0.506 e. The molecule has 1 unspecified atom stereocenters. The number of carbonyl (C=O) groups is 1. The number of nitrogens with zero attached hydrogens (tertiary/aromatic N) is 1. The van der Waals surface area contributed by atoms with Gasteiger partial charge in [-0.15, -0.1) is 0 Å². The number of aromatic hydroxyl groups is 1. The molecule has 1 aromatic carbocycles. The van der Waals surface area contributed by atoms with Crippen LogP contribution in [0.25, 0.3) is 0 Å². The van der Waals surface area contributed by atoms with Crippen LogP contribution in [0.1, 0.15) is 38.2 Å². The van der Waals surface area contributed by atoms with Crippen LogP contribution in [0, 0.1) is 0 Å². The van der Waals surface area contributed by atoms with Crippen LogP contribution in [0.3, 0.4) is 0 Å². The molecule has 1 saturated heterocycles. The summed E-state index contributed by atoms with van der Waals surface area (Å²) in [5, 5.41) is 19.4. The van der Waals surface area contributed by atoms with E-state index < -0.39 is 11.5 Å². The first-order chi connectivity index (χ1) is 9.49. The molecular weight excluding hydrogens is 278 g/mol. The summed E-state index contributed by atoms with van der Waals surface area (Å²) in [5.74, 6) is -0.684. The minimum Gasteiger partial charge on any atom is -0.506 e. The van der Waals surface area contributed by atoms with Crippen molar-refractivity contribution in [3.63, 3.8) is 0 Å². The van der Waals surface area contributed by atoms with Crippen molar-refractivity contribution in [1.82, 2.24) is 4.90 Å². The van der Waals surface area contributed by atoms with Crippen LogP contribution in [0.5, 0.6) is 5.75 Å². The highest BCUT2D eigenvalue weighted by Gasteiger charge is 2.46. The monoisotopic (exact) mass is 297 g/mol. The summed E-state index contributed by atoms with van der Waals surface area (Å²) < 4.78 is 0. The van der Waals surface area contributed by atoms with Crippen molar-refractivity contribution >= 4 is 17.6 Å². The molecule has 0 aromatic heterocycles. The van der Waals surface area contributed by atoms with Gasteiger partial charge >= 0.3 is 5.97 Å². The SMILES string of the molecule is CCCC1(C(=O)O)CCCN1Cc1ccc(O)c(Cl)c1. The van der Waals surface area contributed by atoms with Gasteiger partial charge in [-0.2, -0.15) is 0 Å². The Balaban J connectivity index is 2.22. The van der Waals surface area contributed by atoms with Crippen molar-refractivity contribution in [1.29, 1.82) is 0 Å². The van der Waals surface area contributed by atoms with Gasteiger partial charge in [0.15, 0.2) is 0 Å². The molecule has 1 aliphatic rings. The fourth-order valence-electron chi connectivity index (χ4n) is 3.08. The zero-order valence-corrected chi connectivity index (χ0v) is 12.4. The second-order valence-electron chi connectivity index (χ2n) is 5.40. The summed E-state index contributed by atoms with van der Waals surface area (Å²) in [6.45, 7) is 3.34. The van der Waals surface area contributed by atoms with Crippen molar-refractivity contribution < 1.29 is 15.0 Å². The summed E-state index contributed by atoms with van der Waals surface area (Å²) in [5.41, 5.74) is 0.176. The molecule has 0 saturated carbocycles. The van der Waals surface area contributed by atoms with E-state index in [1.165, 1.54) is 0 Å². The van der Waals surface area contributed by atoms with Gasteiger partial charge in [0.2, 0.25) is 0 Å². The van der Waals surface area contributed by atoms with E-state index in [0.29, 0.717) is 24.4 Å². The number of carboxylic acids is 1. The molecule has 0 amide bonds. The quantitative estimate of drug-likeness (QED) is 0.876. The maximum absolute atomic E-state index is 11.7. The van der Waals surface area contributed by atoms with Crippen molar-refractivity contribution in [2.45, 2.75) is 44.7 Å². The molecule has 0 aliphatic carbocycles. The second-order valence-corrected chi connectivity index (χ2v) is 5.80. The van der Waals surface area contributed by atoms with Gasteiger partial charge in [0, 0.05) is 6.54 Å². The summed E-state index contributed by atoms with van der Waals surface area (Å²) in [4.78, 5) is 13.8. The van der Waals surface area contributed by atoms with E-state index in [1.807, 2.05) is 11.8 Å². The van der Waals surface area contributed by atoms with Gasteiger partial charge in [-0.05, 0) is 43.5 Å². The molecule has 4 nitrogen and oxygen atoms in total. The lowest BCUT2D eigenvalue weighted by atomic mass is 9.90. The highest BCUT2D eigenvalue weighted by atomic mass is 35.5. The number of hydrogen-bond donors (Lipinski definition) is 2. The van der Waals surface area contributed by atoms with Crippen LogP contribution in [-0.4, -0.2) is 33.2 Å². The summed E-state index contributed by atoms with van der Waals surface area (Å²) in [7, 11) is 0. The molecule has 1 atom stereocenters. The molecule has 0 bridgehead atoms. The number of rotatable bonds is 5. The first kappa shape index (κ1) is 15.1. The predicted octanol–water partition coefficient (Wildman–Crippen LogP) is 3.26. The molecule has 5 heteroatoms. The molecule has 1 aromatic rings. The van der Waals surface area contributed by atoms with E-state index in [1.54, 1.807) is 18.2 Å². The lowest BCUT2D eigenvalue weighted by molar-refractivity contribution is -0.150. The van der Waals surface area contributed by atoms with Crippen molar-refractivity contribution in [2.75, 3.05) is 6.54 Å². The Morgan fingerprint density at radius 3 is 2.85 bits per heavy atom. The van der Waals surface area contributed by atoms with Gasteiger partial charge in [-0.1, -0.05) is 31.0 Å². The Hall–Kier alpha value is -1.26. The Morgan fingerprint density at radius 2 is 2.25 bits per heavy atom. The fraction of sp³-hybridized carbons (Fsp3) is 0.533. The van der Waals surface area contributed by atoms with Crippen LogP contribution in [-0.2, 0) is 11.3 Å². The van der Waals surface area contributed by atoms with Crippen LogP contribution >= 0.6 is 11.6 Å². The zero-order chi connectivity index (χ0) is 14.8. The van der Waals surface area contributed by atoms with Crippen LogP contribution in [0.2, 0.25) is 5.02 Å². The topological polar surface area (TPSA) is 60.8 Å². The minimum absolute atomic E-state index is 0.0508. The standard InChI is InChI=1S/C15H20ClNO3/c1-2-6-15(14(19)20)7-3-8-17(15)10-11-4-5-13(18)12(16)9-11/h4-5,9,18H,2-3,6-8,10H2,1H3,(H,19,20). The predicted molar refractivity (Wildman–Crippen MR) is 78.0 cm³/mol. The van der Waals surface area contributed by atoms with Gasteiger partial charge in [-0.25, -0.2) is 0 Å². The molecule has 1 aliphatic heterocycles. The molecule has 20 heavy (non-hydrogen) atoms. The molecule has 0 spiro atoms. The first-order valence-corrected chi connectivity index (χ1v) is 7.33. The number of aliphatic carboxylic acids is 1. The minimum atomic E-state index is -0.751. The lowest BCUT2D eigenvalue weighted by Crippen LogP contribution is -2.49. The Kier molecular flexibility index (Phi) is 4.55. The van der Waals surface area contributed by atoms with Gasteiger partial charge in [0.05, 0.1) is 5.02 Å². The van der Waals surface area contributed by atoms with Crippen LogP contribution < -0.4 is 0 Å². The average molecular weight is 298 g/mol. The van der Waals surface area contributed by atoms with Gasteiger partial charge in [-0.3, -0.25) is 9.69 Å². The summed E-state index contributed by atoms with van der Waals surface area (Å²) in [6, 6.07) is 5.04. The molecule has 1 fully saturated rings. The molecule has 0 radical (unpaired) electrons. The van der Waals surface area contributed by atoms with Crippen LogP contribution in [0.15, 0.2) is 18.2 Å². The van der Waals surface area contributed by atoms with E-state index in [9.17, 15) is 15.0 Å². The van der Waals surface area contributed by atoms with E-state index in [2.05, 4.69) is 0 Å². The second kappa shape index (κ2) is 6.02. The van der Waals surface area contributed by atoms with Gasteiger partial charge < -0.3 is 10.2 Å². The third-order valence-electron chi connectivity index (χ3n) is 4.07. The lowest BCUT2D eigenvalue weighted by Gasteiger charge is -2.34. The fourth-order valence-corrected chi connectivity index (χ4v) is 3.28. The first-order valence-electron chi connectivity index (χ1n) is 6.95. The highest BCUT2D eigenvalue weighted by molar-refractivity contribution is 6.32. The highest BCUT2D eigenvalue weighted by Crippen LogP contribution is 2.36. The number of likely N-dealkylation sites (tertiary alicyclic amines) is 1. The maximum Gasteiger partial charge on any atom is 0.324 e. The van der Waals surface area contributed by atoms with Crippen LogP contribution in [0.4, 0.5) is 0 Å². The molecule has 2 rings (SSSR count). The number of carboxylic acid groups (broad SMARTS) is 1. The average Bonchev–Trinajstić information content (AvgIpc) is 2.79. The number of phenolic OH excluding ortho intramolecular Hbond substituents is 1. The van der Waals surface area contributed by atoms with Crippen molar-refractivity contribution in [3.05, 3.63) is 28.8 Å². The van der Waals surface area contributed by atoms with Crippen molar-refractivity contribution in [2.24, 2.45) is 0 Å². The summed E-state index contributed by atoms with van der Waals surface area (Å²) in [6.07, 6.45) is 3.10. The Morgan fingerprint density at radius 1 is 1.50 bits per heavy atom.